The molecule has 1 saturated heterocycles. The van der Waals surface area contributed by atoms with Gasteiger partial charge in [0.15, 0.2) is 0 Å². The van der Waals surface area contributed by atoms with Crippen molar-refractivity contribution < 1.29 is 9.59 Å². The summed E-state index contributed by atoms with van der Waals surface area (Å²) in [6.07, 6.45) is 0. The summed E-state index contributed by atoms with van der Waals surface area (Å²) in [6.45, 7) is 7.13. The SMILES string of the molecule is CC1(C)NC(=O)N(CCN2CCNCc3ccccc32)C1=O. The lowest BCUT2D eigenvalue weighted by Gasteiger charge is -2.26. The van der Waals surface area contributed by atoms with Crippen LogP contribution in [0.2, 0.25) is 0 Å². The van der Waals surface area contributed by atoms with E-state index in [1.54, 1.807) is 13.8 Å². The topological polar surface area (TPSA) is 64.7 Å². The van der Waals surface area contributed by atoms with E-state index in [0.717, 1.165) is 19.6 Å². The molecule has 6 nitrogen and oxygen atoms in total. The monoisotopic (exact) mass is 302 g/mol. The van der Waals surface area contributed by atoms with Crippen LogP contribution in [0.3, 0.4) is 0 Å². The Labute approximate surface area is 130 Å². The first-order chi connectivity index (χ1) is 10.5. The van der Waals surface area contributed by atoms with Crippen LogP contribution in [0.1, 0.15) is 19.4 Å². The molecular weight excluding hydrogens is 280 g/mol. The number of nitrogens with one attached hydrogen (secondary N) is 2. The maximum absolute atomic E-state index is 12.2. The van der Waals surface area contributed by atoms with Crippen molar-refractivity contribution in [3.8, 4) is 0 Å². The van der Waals surface area contributed by atoms with Gasteiger partial charge in [-0.2, -0.15) is 0 Å². The lowest BCUT2D eigenvalue weighted by Crippen LogP contribution is -2.42. The van der Waals surface area contributed by atoms with Crippen molar-refractivity contribution in [2.24, 2.45) is 0 Å². The average Bonchev–Trinajstić information content (AvgIpc) is 2.64. The van der Waals surface area contributed by atoms with E-state index in [1.165, 1.54) is 16.2 Å². The molecule has 2 N–H and O–H groups in total. The molecule has 2 heterocycles. The molecule has 0 atom stereocenters. The normalized spacial score (nSPS) is 20.6. The van der Waals surface area contributed by atoms with Gasteiger partial charge in [-0.25, -0.2) is 4.79 Å². The number of amides is 3. The van der Waals surface area contributed by atoms with Crippen LogP contribution in [0.5, 0.6) is 0 Å². The second-order valence-corrected chi connectivity index (χ2v) is 6.30. The van der Waals surface area contributed by atoms with Crippen LogP contribution in [-0.4, -0.2) is 48.6 Å². The molecule has 0 saturated carbocycles. The van der Waals surface area contributed by atoms with Crippen LogP contribution >= 0.6 is 0 Å². The summed E-state index contributed by atoms with van der Waals surface area (Å²) in [7, 11) is 0. The van der Waals surface area contributed by atoms with Gasteiger partial charge in [-0.1, -0.05) is 18.2 Å². The Morgan fingerprint density at radius 3 is 2.68 bits per heavy atom. The van der Waals surface area contributed by atoms with Crippen molar-refractivity contribution in [1.29, 1.82) is 0 Å². The first kappa shape index (κ1) is 14.8. The predicted octanol–water partition coefficient (Wildman–Crippen LogP) is 0.927. The van der Waals surface area contributed by atoms with Gasteiger partial charge in [-0.3, -0.25) is 9.69 Å². The van der Waals surface area contributed by atoms with Gasteiger partial charge in [0, 0.05) is 38.4 Å². The Morgan fingerprint density at radius 2 is 1.95 bits per heavy atom. The van der Waals surface area contributed by atoms with E-state index in [2.05, 4.69) is 27.7 Å². The number of hydrogen-bond acceptors (Lipinski definition) is 4. The molecule has 3 rings (SSSR count). The smallest absolute Gasteiger partial charge is 0.325 e. The maximum atomic E-state index is 12.2. The number of benzene rings is 1. The largest absolute Gasteiger partial charge is 0.368 e. The molecule has 1 fully saturated rings. The highest BCUT2D eigenvalue weighted by Gasteiger charge is 2.44. The number of imide groups is 1. The van der Waals surface area contributed by atoms with E-state index in [1.807, 2.05) is 12.1 Å². The van der Waals surface area contributed by atoms with Crippen LogP contribution in [0.25, 0.3) is 0 Å². The molecule has 0 aromatic heterocycles. The zero-order valence-corrected chi connectivity index (χ0v) is 13.1. The number of para-hydroxylation sites is 1. The quantitative estimate of drug-likeness (QED) is 0.815. The van der Waals surface area contributed by atoms with Crippen molar-refractivity contribution in [2.45, 2.75) is 25.9 Å². The zero-order chi connectivity index (χ0) is 15.7. The third-order valence-corrected chi connectivity index (χ3v) is 4.24. The highest BCUT2D eigenvalue weighted by molar-refractivity contribution is 6.06. The first-order valence-electron chi connectivity index (χ1n) is 7.67. The van der Waals surface area contributed by atoms with Crippen LogP contribution in [-0.2, 0) is 11.3 Å². The Bertz CT molecular complexity index is 600. The Balaban J connectivity index is 1.72. The minimum Gasteiger partial charge on any atom is -0.368 e. The van der Waals surface area contributed by atoms with Crippen LogP contribution < -0.4 is 15.5 Å². The Kier molecular flexibility index (Phi) is 3.78. The van der Waals surface area contributed by atoms with Crippen molar-refractivity contribution in [3.05, 3.63) is 29.8 Å². The number of fused-ring (bicyclic) bond motifs is 1. The summed E-state index contributed by atoms with van der Waals surface area (Å²) in [6, 6.07) is 7.96. The van der Waals surface area contributed by atoms with Gasteiger partial charge < -0.3 is 15.5 Å². The summed E-state index contributed by atoms with van der Waals surface area (Å²) in [5.41, 5.74) is 1.63. The summed E-state index contributed by atoms with van der Waals surface area (Å²) < 4.78 is 0. The molecule has 1 aromatic rings. The van der Waals surface area contributed by atoms with Gasteiger partial charge in [0.2, 0.25) is 0 Å². The molecule has 0 spiro atoms. The molecule has 0 unspecified atom stereocenters. The van der Waals surface area contributed by atoms with Crippen LogP contribution in [0.4, 0.5) is 10.5 Å². The first-order valence-corrected chi connectivity index (χ1v) is 7.67. The van der Waals surface area contributed by atoms with Crippen molar-refractivity contribution >= 4 is 17.6 Å². The fourth-order valence-electron chi connectivity index (χ4n) is 3.00. The van der Waals surface area contributed by atoms with Gasteiger partial charge in [0.25, 0.3) is 5.91 Å². The molecule has 3 amide bonds. The number of anilines is 1. The van der Waals surface area contributed by atoms with Gasteiger partial charge >= 0.3 is 6.03 Å². The van der Waals surface area contributed by atoms with E-state index < -0.39 is 5.54 Å². The number of hydrogen-bond donors (Lipinski definition) is 2. The van der Waals surface area contributed by atoms with E-state index in [9.17, 15) is 9.59 Å². The molecule has 2 aliphatic heterocycles. The highest BCUT2D eigenvalue weighted by Crippen LogP contribution is 2.22. The molecule has 6 heteroatoms. The third kappa shape index (κ3) is 2.66. The van der Waals surface area contributed by atoms with E-state index in [4.69, 9.17) is 0 Å². The van der Waals surface area contributed by atoms with Gasteiger partial charge in [0.05, 0.1) is 0 Å². The minimum absolute atomic E-state index is 0.154. The van der Waals surface area contributed by atoms with E-state index in [-0.39, 0.29) is 11.9 Å². The Morgan fingerprint density at radius 1 is 1.18 bits per heavy atom. The summed E-state index contributed by atoms with van der Waals surface area (Å²) in [5.74, 6) is -0.154. The second kappa shape index (κ2) is 5.61. The predicted molar refractivity (Wildman–Crippen MR) is 84.7 cm³/mol. The summed E-state index contributed by atoms with van der Waals surface area (Å²) >= 11 is 0. The third-order valence-electron chi connectivity index (χ3n) is 4.24. The maximum Gasteiger partial charge on any atom is 0.325 e. The lowest BCUT2D eigenvalue weighted by atomic mass is 10.1. The fourth-order valence-corrected chi connectivity index (χ4v) is 3.00. The number of rotatable bonds is 3. The molecule has 0 aliphatic carbocycles. The summed E-state index contributed by atoms with van der Waals surface area (Å²) in [4.78, 5) is 27.7. The molecule has 1 aromatic carbocycles. The van der Waals surface area contributed by atoms with Crippen molar-refractivity contribution in [1.82, 2.24) is 15.5 Å². The number of carbonyl (C=O) groups excluding carboxylic acids is 2. The van der Waals surface area contributed by atoms with Gasteiger partial charge in [-0.15, -0.1) is 0 Å². The van der Waals surface area contributed by atoms with Crippen molar-refractivity contribution in [3.63, 3.8) is 0 Å². The molecule has 22 heavy (non-hydrogen) atoms. The molecule has 0 bridgehead atoms. The van der Waals surface area contributed by atoms with E-state index in [0.29, 0.717) is 13.1 Å². The standard InChI is InChI=1S/C16H22N4O2/c1-16(2)14(21)20(15(22)18-16)10-9-19-8-7-17-11-12-5-3-4-6-13(12)19/h3-6,17H,7-11H2,1-2H3,(H,18,22). The number of urea groups is 1. The molecule has 0 radical (unpaired) electrons. The minimum atomic E-state index is -0.796. The number of carbonyl (C=O) groups is 2. The van der Waals surface area contributed by atoms with E-state index >= 15 is 0 Å². The summed E-state index contributed by atoms with van der Waals surface area (Å²) in [5, 5.41) is 6.11. The van der Waals surface area contributed by atoms with Gasteiger partial charge in [0.1, 0.15) is 5.54 Å². The average molecular weight is 302 g/mol. The van der Waals surface area contributed by atoms with Crippen LogP contribution in [0, 0.1) is 0 Å². The molecule has 2 aliphatic rings. The van der Waals surface area contributed by atoms with Gasteiger partial charge in [-0.05, 0) is 25.5 Å². The lowest BCUT2D eigenvalue weighted by molar-refractivity contribution is -0.130. The molecule has 118 valence electrons. The fraction of sp³-hybridized carbons (Fsp3) is 0.500. The zero-order valence-electron chi connectivity index (χ0n) is 13.1. The van der Waals surface area contributed by atoms with Crippen molar-refractivity contribution in [2.75, 3.05) is 31.1 Å². The molecular formula is C16H22N4O2. The number of nitrogens with zero attached hydrogens (tertiary/aromatic N) is 2. The second-order valence-electron chi connectivity index (χ2n) is 6.30. The van der Waals surface area contributed by atoms with Crippen LogP contribution in [0.15, 0.2) is 24.3 Å². The Hall–Kier alpha value is -2.08. The highest BCUT2D eigenvalue weighted by atomic mass is 16.2.